The normalized spacial score (nSPS) is 17.4. The number of aromatic amines is 1. The van der Waals surface area contributed by atoms with Crippen molar-refractivity contribution in [2.24, 2.45) is 11.1 Å². The summed E-state index contributed by atoms with van der Waals surface area (Å²) in [5, 5.41) is 4.15. The molecule has 2 amide bonds. The molecule has 0 radical (unpaired) electrons. The lowest BCUT2D eigenvalue weighted by molar-refractivity contribution is -0.127. The van der Waals surface area contributed by atoms with E-state index < -0.39 is 5.91 Å². The number of carbonyl (C=O) groups is 2. The Morgan fingerprint density at radius 2 is 1.91 bits per heavy atom. The van der Waals surface area contributed by atoms with Crippen molar-refractivity contribution >= 4 is 34.7 Å². The van der Waals surface area contributed by atoms with Crippen molar-refractivity contribution in [1.29, 1.82) is 0 Å². The molecule has 1 aromatic carbocycles. The number of nitrogens with one attached hydrogen (secondary N) is 1. The maximum absolute atomic E-state index is 13.1. The summed E-state index contributed by atoms with van der Waals surface area (Å²) < 4.78 is 14.5. The summed E-state index contributed by atoms with van der Waals surface area (Å²) in [7, 11) is 0. The van der Waals surface area contributed by atoms with E-state index in [4.69, 9.17) is 17.3 Å². The van der Waals surface area contributed by atoms with Crippen molar-refractivity contribution < 1.29 is 14.0 Å². The molecular formula is C22H23ClFN5O3. The molecular weight excluding hydrogens is 437 g/mol. The zero-order valence-corrected chi connectivity index (χ0v) is 18.1. The predicted molar refractivity (Wildman–Crippen MR) is 118 cm³/mol. The Morgan fingerprint density at radius 1 is 1.16 bits per heavy atom. The Hall–Kier alpha value is -3.20. The van der Waals surface area contributed by atoms with Gasteiger partial charge in [-0.1, -0.05) is 30.9 Å². The number of nitrogens with zero attached hydrogens (tertiary/aromatic N) is 3. The SMILES string of the molecule is NC(=O)c1cnn2ccc(=O)[nH]c12.O=C1N(c2ccc(F)cc2Cl)CCC12CCCCC2. The molecule has 3 heterocycles. The van der Waals surface area contributed by atoms with Gasteiger partial charge in [0.1, 0.15) is 17.0 Å². The molecule has 3 N–H and O–H groups in total. The summed E-state index contributed by atoms with van der Waals surface area (Å²) >= 11 is 6.07. The lowest BCUT2D eigenvalue weighted by atomic mass is 9.73. The van der Waals surface area contributed by atoms with Gasteiger partial charge < -0.3 is 15.6 Å². The summed E-state index contributed by atoms with van der Waals surface area (Å²) in [5.41, 5.74) is 5.77. The third-order valence-electron chi connectivity index (χ3n) is 6.19. The van der Waals surface area contributed by atoms with Gasteiger partial charge in [-0.15, -0.1) is 0 Å². The lowest BCUT2D eigenvalue weighted by Crippen LogP contribution is -2.36. The van der Waals surface area contributed by atoms with Crippen LogP contribution in [0, 0.1) is 11.2 Å². The van der Waals surface area contributed by atoms with E-state index >= 15 is 0 Å². The quantitative estimate of drug-likeness (QED) is 0.612. The first-order valence-corrected chi connectivity index (χ1v) is 10.8. The summed E-state index contributed by atoms with van der Waals surface area (Å²) in [5.74, 6) is -0.801. The summed E-state index contributed by atoms with van der Waals surface area (Å²) in [6, 6.07) is 5.55. The van der Waals surface area contributed by atoms with Crippen molar-refractivity contribution in [2.45, 2.75) is 38.5 Å². The maximum Gasteiger partial charge on any atom is 0.254 e. The van der Waals surface area contributed by atoms with Crippen LogP contribution in [-0.4, -0.2) is 33.0 Å². The molecule has 32 heavy (non-hydrogen) atoms. The van der Waals surface area contributed by atoms with E-state index in [2.05, 4.69) is 10.1 Å². The van der Waals surface area contributed by atoms with E-state index in [0.29, 0.717) is 22.9 Å². The van der Waals surface area contributed by atoms with Crippen molar-refractivity contribution in [3.05, 3.63) is 63.4 Å². The van der Waals surface area contributed by atoms with Gasteiger partial charge in [0.15, 0.2) is 0 Å². The van der Waals surface area contributed by atoms with Crippen molar-refractivity contribution in [1.82, 2.24) is 14.6 Å². The monoisotopic (exact) mass is 459 g/mol. The number of halogens is 2. The molecule has 0 unspecified atom stereocenters. The Morgan fingerprint density at radius 3 is 2.59 bits per heavy atom. The second-order valence-electron chi connectivity index (χ2n) is 8.16. The molecule has 8 nitrogen and oxygen atoms in total. The third kappa shape index (κ3) is 4.12. The molecule has 1 spiro atoms. The number of anilines is 1. The fourth-order valence-corrected chi connectivity index (χ4v) is 4.79. The van der Waals surface area contributed by atoms with Gasteiger partial charge in [-0.3, -0.25) is 14.4 Å². The zero-order valence-electron chi connectivity index (χ0n) is 17.3. The molecule has 2 aromatic heterocycles. The van der Waals surface area contributed by atoms with E-state index in [9.17, 15) is 18.8 Å². The maximum atomic E-state index is 13.1. The van der Waals surface area contributed by atoms with Crippen LogP contribution in [0.2, 0.25) is 5.02 Å². The number of benzene rings is 1. The Bertz CT molecular complexity index is 1230. The number of nitrogens with two attached hydrogens (primary N) is 1. The molecule has 2 aliphatic rings. The number of hydrogen-bond acceptors (Lipinski definition) is 4. The molecule has 5 rings (SSSR count). The minimum Gasteiger partial charge on any atom is -0.365 e. The molecule has 1 aliphatic heterocycles. The van der Waals surface area contributed by atoms with Gasteiger partial charge in [-0.25, -0.2) is 8.91 Å². The van der Waals surface area contributed by atoms with Crippen molar-refractivity contribution in [2.75, 3.05) is 11.4 Å². The van der Waals surface area contributed by atoms with E-state index in [1.54, 1.807) is 11.0 Å². The zero-order chi connectivity index (χ0) is 22.9. The van der Waals surface area contributed by atoms with Gasteiger partial charge in [0.25, 0.3) is 11.5 Å². The van der Waals surface area contributed by atoms with Gasteiger partial charge in [0.05, 0.1) is 22.3 Å². The van der Waals surface area contributed by atoms with Crippen LogP contribution in [0.15, 0.2) is 41.5 Å². The average Bonchev–Trinajstić information content (AvgIpc) is 3.31. The largest absolute Gasteiger partial charge is 0.365 e. The van der Waals surface area contributed by atoms with Crippen LogP contribution in [0.3, 0.4) is 0 Å². The number of primary amides is 1. The molecule has 1 saturated heterocycles. The fraction of sp³-hybridized carbons (Fsp3) is 0.364. The highest BCUT2D eigenvalue weighted by molar-refractivity contribution is 6.34. The van der Waals surface area contributed by atoms with Gasteiger partial charge in [-0.2, -0.15) is 5.10 Å². The second kappa shape index (κ2) is 8.74. The highest BCUT2D eigenvalue weighted by Gasteiger charge is 2.47. The molecule has 10 heteroatoms. The van der Waals surface area contributed by atoms with Gasteiger partial charge in [0.2, 0.25) is 5.91 Å². The number of fused-ring (bicyclic) bond motifs is 1. The first-order chi connectivity index (χ1) is 15.3. The first-order valence-electron chi connectivity index (χ1n) is 10.4. The van der Waals surface area contributed by atoms with Crippen LogP contribution in [-0.2, 0) is 4.79 Å². The standard InChI is InChI=1S/C15H17ClFNO.C7H6N4O2/c16-12-10-11(17)4-5-13(12)18-9-8-15(14(18)19)6-2-1-3-7-15;8-6(13)4-3-9-11-2-1-5(12)10-7(4)11/h4-5,10H,1-3,6-9H2;1-3H,(H2,8,13)(H,10,12). The number of amides is 2. The molecule has 168 valence electrons. The van der Waals surface area contributed by atoms with Crippen LogP contribution in [0.5, 0.6) is 0 Å². The number of hydrogen-bond donors (Lipinski definition) is 2. The molecule has 3 aromatic rings. The van der Waals surface area contributed by atoms with E-state index in [1.807, 2.05) is 0 Å². The summed E-state index contributed by atoms with van der Waals surface area (Å²) in [6.07, 6.45) is 9.15. The van der Waals surface area contributed by atoms with E-state index in [-0.39, 0.29) is 28.3 Å². The molecule has 0 atom stereocenters. The third-order valence-corrected chi connectivity index (χ3v) is 6.50. The Balaban J connectivity index is 0.000000165. The van der Waals surface area contributed by atoms with Crippen molar-refractivity contribution in [3.63, 3.8) is 0 Å². The van der Waals surface area contributed by atoms with Crippen molar-refractivity contribution in [3.8, 4) is 0 Å². The predicted octanol–water partition coefficient (Wildman–Crippen LogP) is 3.29. The van der Waals surface area contributed by atoms with Crippen LogP contribution in [0.25, 0.3) is 5.65 Å². The molecule has 0 bridgehead atoms. The van der Waals surface area contributed by atoms with Crippen LogP contribution < -0.4 is 16.2 Å². The molecule has 1 aliphatic carbocycles. The van der Waals surface area contributed by atoms with Crippen LogP contribution in [0.4, 0.5) is 10.1 Å². The number of aromatic nitrogens is 3. The topological polar surface area (TPSA) is 114 Å². The summed E-state index contributed by atoms with van der Waals surface area (Å²) in [6.45, 7) is 0.699. The van der Waals surface area contributed by atoms with E-state index in [1.165, 1.54) is 41.5 Å². The number of rotatable bonds is 2. The number of H-pyrrole nitrogens is 1. The summed E-state index contributed by atoms with van der Waals surface area (Å²) in [4.78, 5) is 38.6. The smallest absolute Gasteiger partial charge is 0.254 e. The first kappa shape index (κ1) is 22.0. The minimum absolute atomic E-state index is 0.171. The van der Waals surface area contributed by atoms with E-state index in [0.717, 1.165) is 32.1 Å². The van der Waals surface area contributed by atoms with Crippen LogP contribution in [0.1, 0.15) is 48.9 Å². The minimum atomic E-state index is -0.614. The Labute approximate surface area is 188 Å². The lowest BCUT2D eigenvalue weighted by Gasteiger charge is -2.31. The van der Waals surface area contributed by atoms with Gasteiger partial charge in [0, 0.05) is 18.8 Å². The van der Waals surface area contributed by atoms with Gasteiger partial charge in [-0.05, 0) is 37.5 Å². The highest BCUT2D eigenvalue weighted by Crippen LogP contribution is 2.46. The average molecular weight is 460 g/mol. The Kier molecular flexibility index (Phi) is 6.01. The molecule has 2 fully saturated rings. The second-order valence-corrected chi connectivity index (χ2v) is 8.57. The number of carbonyl (C=O) groups excluding carboxylic acids is 2. The molecule has 1 saturated carbocycles. The van der Waals surface area contributed by atoms with Gasteiger partial charge >= 0.3 is 0 Å². The van der Waals surface area contributed by atoms with Crippen LogP contribution >= 0.6 is 11.6 Å². The highest BCUT2D eigenvalue weighted by atomic mass is 35.5. The fourth-order valence-electron chi connectivity index (χ4n) is 4.52.